The maximum absolute atomic E-state index is 12.2. The number of hydrogen-bond acceptors (Lipinski definition) is 5. The molecule has 1 fully saturated rings. The number of halogens is 1. The van der Waals surface area contributed by atoms with Crippen LogP contribution < -0.4 is 10.0 Å². The fraction of sp³-hybridized carbons (Fsp3) is 0.417. The van der Waals surface area contributed by atoms with Crippen LogP contribution in [-0.2, 0) is 10.0 Å². The number of hydrogen-bond donors (Lipinski definition) is 2. The van der Waals surface area contributed by atoms with Crippen molar-refractivity contribution in [2.45, 2.75) is 23.1 Å². The van der Waals surface area contributed by atoms with Crippen LogP contribution in [0.15, 0.2) is 28.7 Å². The fourth-order valence-electron chi connectivity index (χ4n) is 2.31. The molecular weight excluding hydrogens is 332 g/mol. The molecule has 0 radical (unpaired) electrons. The Hall–Kier alpha value is -1.09. The summed E-state index contributed by atoms with van der Waals surface area (Å²) < 4.78 is 29.4. The Morgan fingerprint density at radius 3 is 2.81 bits per heavy atom. The number of nitrogens with zero attached hydrogens (tertiary/aromatic N) is 2. The molecule has 0 atom stereocenters. The van der Waals surface area contributed by atoms with Gasteiger partial charge in [-0.1, -0.05) is 11.6 Å². The van der Waals surface area contributed by atoms with E-state index in [1.807, 2.05) is 4.68 Å². The van der Waals surface area contributed by atoms with Gasteiger partial charge >= 0.3 is 0 Å². The molecular formula is C12H15ClN4O2S2. The Morgan fingerprint density at radius 2 is 2.14 bits per heavy atom. The highest BCUT2D eigenvalue weighted by Gasteiger charge is 2.19. The molecule has 0 aromatic carbocycles. The number of nitrogens with one attached hydrogen (secondary N) is 2. The fourth-order valence-corrected chi connectivity index (χ4v) is 4.82. The average Bonchev–Trinajstić information content (AvgIpc) is 3.09. The van der Waals surface area contributed by atoms with Gasteiger partial charge in [-0.25, -0.2) is 8.42 Å². The molecule has 1 saturated heterocycles. The molecule has 3 rings (SSSR count). The summed E-state index contributed by atoms with van der Waals surface area (Å²) in [6, 6.07) is 3.38. The molecule has 0 spiro atoms. The van der Waals surface area contributed by atoms with Crippen molar-refractivity contribution < 1.29 is 8.42 Å². The van der Waals surface area contributed by atoms with Crippen LogP contribution in [-0.4, -0.2) is 31.3 Å². The number of rotatable bonds is 4. The maximum atomic E-state index is 12.2. The summed E-state index contributed by atoms with van der Waals surface area (Å²) in [7, 11) is -3.59. The van der Waals surface area contributed by atoms with Crippen molar-refractivity contribution in [3.8, 4) is 0 Å². The smallest absolute Gasteiger partial charge is 0.271 e. The van der Waals surface area contributed by atoms with E-state index in [2.05, 4.69) is 15.1 Å². The van der Waals surface area contributed by atoms with Crippen LogP contribution in [0.1, 0.15) is 18.9 Å². The van der Waals surface area contributed by atoms with E-state index in [1.54, 1.807) is 12.3 Å². The van der Waals surface area contributed by atoms with E-state index in [4.69, 9.17) is 11.6 Å². The van der Waals surface area contributed by atoms with Crippen LogP contribution in [0.5, 0.6) is 0 Å². The zero-order valence-corrected chi connectivity index (χ0v) is 13.5. The Balaban J connectivity index is 1.74. The van der Waals surface area contributed by atoms with Crippen LogP contribution in [0.4, 0.5) is 5.69 Å². The lowest BCUT2D eigenvalue weighted by Crippen LogP contribution is -2.29. The first-order chi connectivity index (χ1) is 10.0. The number of anilines is 1. The van der Waals surface area contributed by atoms with Gasteiger partial charge in [0, 0.05) is 6.20 Å². The number of piperidine rings is 1. The minimum Gasteiger partial charge on any atom is -0.317 e. The molecule has 3 heterocycles. The molecule has 0 bridgehead atoms. The molecule has 0 saturated carbocycles. The second-order valence-electron chi connectivity index (χ2n) is 4.85. The zero-order chi connectivity index (χ0) is 14.9. The van der Waals surface area contributed by atoms with Crippen LogP contribution in [0.2, 0.25) is 4.34 Å². The van der Waals surface area contributed by atoms with Gasteiger partial charge in [0.1, 0.15) is 4.21 Å². The van der Waals surface area contributed by atoms with Gasteiger partial charge in [0.25, 0.3) is 10.0 Å². The summed E-state index contributed by atoms with van der Waals surface area (Å²) in [5.41, 5.74) is 0.470. The van der Waals surface area contributed by atoms with Crippen LogP contribution in [0, 0.1) is 0 Å². The molecule has 2 N–H and O–H groups in total. The first kappa shape index (κ1) is 14.8. The van der Waals surface area contributed by atoms with E-state index in [-0.39, 0.29) is 4.21 Å². The lowest BCUT2D eigenvalue weighted by Gasteiger charge is -2.22. The lowest BCUT2D eigenvalue weighted by atomic mass is 10.1. The topological polar surface area (TPSA) is 76.0 Å². The van der Waals surface area contributed by atoms with Gasteiger partial charge < -0.3 is 5.32 Å². The van der Waals surface area contributed by atoms with Gasteiger partial charge in [-0.15, -0.1) is 11.3 Å². The monoisotopic (exact) mass is 346 g/mol. The highest BCUT2D eigenvalue weighted by molar-refractivity contribution is 7.94. The number of sulfonamides is 1. The molecule has 0 aliphatic carbocycles. The van der Waals surface area contributed by atoms with E-state index in [0.29, 0.717) is 16.1 Å². The van der Waals surface area contributed by atoms with Gasteiger partial charge in [-0.2, -0.15) is 5.10 Å². The van der Waals surface area contributed by atoms with Crippen LogP contribution >= 0.6 is 22.9 Å². The third-order valence-corrected chi connectivity index (χ3v) is 6.45. The second kappa shape index (κ2) is 5.96. The SMILES string of the molecule is O=S(=O)(Nc1cnn(C2CCNCC2)c1)c1ccc(Cl)s1. The molecule has 1 aliphatic heterocycles. The van der Waals surface area contributed by atoms with Crippen molar-refractivity contribution in [2.75, 3.05) is 17.8 Å². The van der Waals surface area contributed by atoms with E-state index in [0.717, 1.165) is 37.3 Å². The molecule has 2 aromatic heterocycles. The lowest BCUT2D eigenvalue weighted by molar-refractivity contribution is 0.343. The molecule has 21 heavy (non-hydrogen) atoms. The normalized spacial score (nSPS) is 17.0. The Kier molecular flexibility index (Phi) is 4.21. The molecule has 1 aliphatic rings. The minimum atomic E-state index is -3.59. The first-order valence-electron chi connectivity index (χ1n) is 6.58. The van der Waals surface area contributed by atoms with E-state index < -0.39 is 10.0 Å². The van der Waals surface area contributed by atoms with Crippen molar-refractivity contribution in [2.24, 2.45) is 0 Å². The minimum absolute atomic E-state index is 0.196. The van der Waals surface area contributed by atoms with Crippen LogP contribution in [0.25, 0.3) is 0 Å². The summed E-state index contributed by atoms with van der Waals surface area (Å²) in [5.74, 6) is 0. The Bertz CT molecular complexity index is 719. The van der Waals surface area contributed by atoms with Crippen molar-refractivity contribution in [1.29, 1.82) is 0 Å². The van der Waals surface area contributed by atoms with Crippen molar-refractivity contribution in [3.05, 3.63) is 28.9 Å². The van der Waals surface area contributed by atoms with Crippen molar-refractivity contribution in [1.82, 2.24) is 15.1 Å². The van der Waals surface area contributed by atoms with Crippen LogP contribution in [0.3, 0.4) is 0 Å². The van der Waals surface area contributed by atoms with Gasteiger partial charge in [0.15, 0.2) is 0 Å². The van der Waals surface area contributed by atoms with E-state index in [9.17, 15) is 8.42 Å². The summed E-state index contributed by atoms with van der Waals surface area (Å²) in [4.78, 5) is 0. The highest BCUT2D eigenvalue weighted by Crippen LogP contribution is 2.27. The third kappa shape index (κ3) is 3.39. The quantitative estimate of drug-likeness (QED) is 0.890. The molecule has 0 unspecified atom stereocenters. The Labute approximate surface area is 132 Å². The predicted molar refractivity (Wildman–Crippen MR) is 83.5 cm³/mol. The second-order valence-corrected chi connectivity index (χ2v) is 8.48. The molecule has 9 heteroatoms. The predicted octanol–water partition coefficient (Wildman–Crippen LogP) is 2.32. The van der Waals surface area contributed by atoms with Gasteiger partial charge in [-0.3, -0.25) is 9.40 Å². The van der Waals surface area contributed by atoms with Gasteiger partial charge in [0.05, 0.1) is 22.3 Å². The number of thiophene rings is 1. The summed E-state index contributed by atoms with van der Waals surface area (Å²) >= 11 is 6.81. The standard InChI is InChI=1S/C12H15ClN4O2S2/c13-11-1-2-12(20-11)21(18,19)16-9-7-15-17(8-9)10-3-5-14-6-4-10/h1-2,7-8,10,14,16H,3-6H2. The van der Waals surface area contributed by atoms with Crippen molar-refractivity contribution in [3.63, 3.8) is 0 Å². The maximum Gasteiger partial charge on any atom is 0.271 e. The molecule has 6 nitrogen and oxygen atoms in total. The zero-order valence-electron chi connectivity index (χ0n) is 11.1. The molecule has 2 aromatic rings. The average molecular weight is 347 g/mol. The summed E-state index contributed by atoms with van der Waals surface area (Å²) in [5, 5.41) is 7.55. The van der Waals surface area contributed by atoms with E-state index >= 15 is 0 Å². The largest absolute Gasteiger partial charge is 0.317 e. The van der Waals surface area contributed by atoms with Crippen molar-refractivity contribution >= 4 is 38.6 Å². The highest BCUT2D eigenvalue weighted by atomic mass is 35.5. The van der Waals surface area contributed by atoms with Gasteiger partial charge in [-0.05, 0) is 38.1 Å². The summed E-state index contributed by atoms with van der Waals surface area (Å²) in [6.45, 7) is 1.92. The first-order valence-corrected chi connectivity index (χ1v) is 9.25. The van der Waals surface area contributed by atoms with Gasteiger partial charge in [0.2, 0.25) is 0 Å². The summed E-state index contributed by atoms with van der Waals surface area (Å²) in [6.07, 6.45) is 5.26. The van der Waals surface area contributed by atoms with E-state index in [1.165, 1.54) is 12.3 Å². The molecule has 114 valence electrons. The number of aromatic nitrogens is 2. The molecule has 0 amide bonds. The Morgan fingerprint density at radius 1 is 1.38 bits per heavy atom. The third-order valence-electron chi connectivity index (χ3n) is 3.35.